The van der Waals surface area contributed by atoms with Crippen LogP contribution in [0.3, 0.4) is 0 Å². The standard InChI is InChI=1S/C13H9BrO/c14-11-6-3-5-10-8-9-4-1-2-7-12(9)15-13(10)11/h1-7H,8H2. The normalized spacial score (nSPS) is 12.6. The fraction of sp³-hybridized carbons (Fsp3) is 0.0769. The highest BCUT2D eigenvalue weighted by atomic mass is 79.9. The summed E-state index contributed by atoms with van der Waals surface area (Å²) < 4.78 is 6.88. The lowest BCUT2D eigenvalue weighted by Crippen LogP contribution is -2.02. The number of ether oxygens (including phenoxy) is 1. The quantitative estimate of drug-likeness (QED) is 0.590. The molecule has 3 rings (SSSR count). The molecule has 1 heterocycles. The minimum absolute atomic E-state index is 0.949. The van der Waals surface area contributed by atoms with Gasteiger partial charge in [-0.25, -0.2) is 0 Å². The third-order valence-electron chi connectivity index (χ3n) is 2.61. The van der Waals surface area contributed by atoms with Crippen molar-refractivity contribution in [3.05, 3.63) is 58.1 Å². The predicted molar refractivity (Wildman–Crippen MR) is 63.5 cm³/mol. The highest BCUT2D eigenvalue weighted by Crippen LogP contribution is 2.40. The fourth-order valence-corrected chi connectivity index (χ4v) is 2.36. The van der Waals surface area contributed by atoms with Crippen LogP contribution in [0.25, 0.3) is 0 Å². The molecule has 15 heavy (non-hydrogen) atoms. The van der Waals surface area contributed by atoms with Crippen LogP contribution in [0.4, 0.5) is 0 Å². The summed E-state index contributed by atoms with van der Waals surface area (Å²) in [5, 5.41) is 0. The smallest absolute Gasteiger partial charge is 0.145 e. The number of para-hydroxylation sites is 2. The Morgan fingerprint density at radius 1 is 0.933 bits per heavy atom. The van der Waals surface area contributed by atoms with Gasteiger partial charge in [-0.3, -0.25) is 0 Å². The Kier molecular flexibility index (Phi) is 2.03. The van der Waals surface area contributed by atoms with Crippen LogP contribution in [-0.2, 0) is 6.42 Å². The summed E-state index contributed by atoms with van der Waals surface area (Å²) in [4.78, 5) is 0. The molecular weight excluding hydrogens is 252 g/mol. The van der Waals surface area contributed by atoms with Crippen molar-refractivity contribution in [1.82, 2.24) is 0 Å². The van der Waals surface area contributed by atoms with Crippen LogP contribution >= 0.6 is 15.9 Å². The Balaban J connectivity index is 2.15. The molecule has 0 atom stereocenters. The van der Waals surface area contributed by atoms with E-state index in [4.69, 9.17) is 4.74 Å². The van der Waals surface area contributed by atoms with Crippen molar-refractivity contribution in [2.45, 2.75) is 6.42 Å². The maximum Gasteiger partial charge on any atom is 0.145 e. The highest BCUT2D eigenvalue weighted by molar-refractivity contribution is 9.10. The second kappa shape index (κ2) is 3.38. The first-order valence-corrected chi connectivity index (χ1v) is 5.67. The van der Waals surface area contributed by atoms with Gasteiger partial charge in [-0.2, -0.15) is 0 Å². The van der Waals surface area contributed by atoms with Crippen LogP contribution in [0.15, 0.2) is 46.9 Å². The van der Waals surface area contributed by atoms with Gasteiger partial charge in [-0.15, -0.1) is 0 Å². The van der Waals surface area contributed by atoms with Crippen LogP contribution in [0, 0.1) is 0 Å². The van der Waals surface area contributed by atoms with E-state index in [0.29, 0.717) is 0 Å². The summed E-state index contributed by atoms with van der Waals surface area (Å²) in [5.41, 5.74) is 2.49. The molecule has 0 bridgehead atoms. The molecule has 0 aromatic heterocycles. The van der Waals surface area contributed by atoms with E-state index < -0.39 is 0 Å². The molecule has 0 amide bonds. The Hall–Kier alpha value is -1.28. The first kappa shape index (κ1) is 8.98. The summed E-state index contributed by atoms with van der Waals surface area (Å²) in [6.07, 6.45) is 0.949. The van der Waals surface area contributed by atoms with Crippen molar-refractivity contribution in [2.75, 3.05) is 0 Å². The topological polar surface area (TPSA) is 9.23 Å². The van der Waals surface area contributed by atoms with E-state index in [1.165, 1.54) is 11.1 Å². The lowest BCUT2D eigenvalue weighted by molar-refractivity contribution is 0.457. The van der Waals surface area contributed by atoms with Crippen molar-refractivity contribution in [1.29, 1.82) is 0 Å². The summed E-state index contributed by atoms with van der Waals surface area (Å²) in [6.45, 7) is 0. The van der Waals surface area contributed by atoms with E-state index in [2.05, 4.69) is 28.1 Å². The molecule has 0 unspecified atom stereocenters. The lowest BCUT2D eigenvalue weighted by Gasteiger charge is -2.20. The van der Waals surface area contributed by atoms with Gasteiger partial charge in [0.05, 0.1) is 4.47 Å². The van der Waals surface area contributed by atoms with Crippen molar-refractivity contribution >= 4 is 15.9 Å². The fourth-order valence-electron chi connectivity index (χ4n) is 1.87. The number of hydrogen-bond donors (Lipinski definition) is 0. The maximum atomic E-state index is 5.86. The second-order valence-electron chi connectivity index (χ2n) is 3.61. The highest BCUT2D eigenvalue weighted by Gasteiger charge is 2.17. The minimum atomic E-state index is 0.949. The summed E-state index contributed by atoms with van der Waals surface area (Å²) in [6, 6.07) is 14.3. The third-order valence-corrected chi connectivity index (χ3v) is 3.24. The number of halogens is 1. The largest absolute Gasteiger partial charge is 0.456 e. The van der Waals surface area contributed by atoms with E-state index in [1.54, 1.807) is 0 Å². The van der Waals surface area contributed by atoms with Crippen LogP contribution in [-0.4, -0.2) is 0 Å². The van der Waals surface area contributed by atoms with Gasteiger partial charge in [0.25, 0.3) is 0 Å². The first-order valence-electron chi connectivity index (χ1n) is 4.88. The minimum Gasteiger partial charge on any atom is -0.456 e. The van der Waals surface area contributed by atoms with E-state index in [-0.39, 0.29) is 0 Å². The number of benzene rings is 2. The third kappa shape index (κ3) is 1.45. The van der Waals surface area contributed by atoms with Crippen molar-refractivity contribution in [2.24, 2.45) is 0 Å². The van der Waals surface area contributed by atoms with Crippen molar-refractivity contribution in [3.8, 4) is 11.5 Å². The number of hydrogen-bond acceptors (Lipinski definition) is 1. The zero-order valence-corrected chi connectivity index (χ0v) is 9.62. The monoisotopic (exact) mass is 260 g/mol. The molecule has 1 aliphatic heterocycles. The molecule has 1 nitrogen and oxygen atoms in total. The summed E-state index contributed by atoms with van der Waals surface area (Å²) >= 11 is 3.51. The SMILES string of the molecule is Brc1cccc2c1Oc1ccccc1C2. The van der Waals surface area contributed by atoms with Gasteiger partial charge >= 0.3 is 0 Å². The van der Waals surface area contributed by atoms with Gasteiger partial charge in [0.15, 0.2) is 0 Å². The van der Waals surface area contributed by atoms with Gasteiger partial charge in [-0.1, -0.05) is 30.3 Å². The van der Waals surface area contributed by atoms with Crippen molar-refractivity contribution < 1.29 is 4.74 Å². The Bertz CT molecular complexity index is 520. The molecule has 0 aliphatic carbocycles. The van der Waals surface area contributed by atoms with Crippen molar-refractivity contribution in [3.63, 3.8) is 0 Å². The molecular formula is C13H9BrO. The molecule has 0 saturated carbocycles. The molecule has 1 aliphatic rings. The first-order chi connectivity index (χ1) is 7.34. The average Bonchev–Trinajstić information content (AvgIpc) is 2.27. The van der Waals surface area contributed by atoms with Crippen LogP contribution in [0.2, 0.25) is 0 Å². The van der Waals surface area contributed by atoms with Gasteiger partial charge in [0.2, 0.25) is 0 Å². The maximum absolute atomic E-state index is 5.86. The van der Waals surface area contributed by atoms with Crippen LogP contribution < -0.4 is 4.74 Å². The van der Waals surface area contributed by atoms with E-state index in [1.807, 2.05) is 30.3 Å². The zero-order valence-electron chi connectivity index (χ0n) is 8.03. The van der Waals surface area contributed by atoms with Gasteiger partial charge in [0, 0.05) is 12.0 Å². The van der Waals surface area contributed by atoms with E-state index in [0.717, 1.165) is 22.4 Å². The molecule has 2 heteroatoms. The van der Waals surface area contributed by atoms with Gasteiger partial charge < -0.3 is 4.74 Å². The molecule has 0 saturated heterocycles. The number of rotatable bonds is 0. The molecule has 2 aromatic rings. The number of fused-ring (bicyclic) bond motifs is 2. The lowest BCUT2D eigenvalue weighted by atomic mass is 10.0. The van der Waals surface area contributed by atoms with Crippen LogP contribution in [0.5, 0.6) is 11.5 Å². The molecule has 0 N–H and O–H groups in total. The van der Waals surface area contributed by atoms with E-state index in [9.17, 15) is 0 Å². The summed E-state index contributed by atoms with van der Waals surface area (Å²) in [5.74, 6) is 1.92. The average molecular weight is 261 g/mol. The molecule has 0 radical (unpaired) electrons. The van der Waals surface area contributed by atoms with Gasteiger partial charge in [0.1, 0.15) is 11.5 Å². The molecule has 74 valence electrons. The molecule has 0 fully saturated rings. The Morgan fingerprint density at radius 3 is 2.67 bits per heavy atom. The molecule has 0 spiro atoms. The predicted octanol–water partition coefficient (Wildman–Crippen LogP) is 4.15. The Morgan fingerprint density at radius 2 is 1.73 bits per heavy atom. The molecule has 2 aromatic carbocycles. The van der Waals surface area contributed by atoms with Crippen LogP contribution in [0.1, 0.15) is 11.1 Å². The second-order valence-corrected chi connectivity index (χ2v) is 4.47. The van der Waals surface area contributed by atoms with E-state index >= 15 is 0 Å². The Labute approximate surface area is 96.8 Å². The zero-order chi connectivity index (χ0) is 10.3. The summed E-state index contributed by atoms with van der Waals surface area (Å²) in [7, 11) is 0. The van der Waals surface area contributed by atoms with Gasteiger partial charge in [-0.05, 0) is 33.6 Å².